The molecule has 0 fully saturated rings. The van der Waals surface area contributed by atoms with Gasteiger partial charge in [0.1, 0.15) is 0 Å². The van der Waals surface area contributed by atoms with Crippen molar-refractivity contribution in [2.24, 2.45) is 10.8 Å². The Balaban J connectivity index is 1.93. The van der Waals surface area contributed by atoms with Crippen molar-refractivity contribution in [2.45, 2.75) is 54.4 Å². The van der Waals surface area contributed by atoms with Crippen molar-refractivity contribution in [2.75, 3.05) is 6.79 Å². The van der Waals surface area contributed by atoms with Crippen LogP contribution in [0, 0.1) is 34.5 Å². The van der Waals surface area contributed by atoms with Crippen molar-refractivity contribution in [1.29, 1.82) is 0 Å². The van der Waals surface area contributed by atoms with E-state index in [2.05, 4.69) is 138 Å². The third-order valence-corrected chi connectivity index (χ3v) is 6.60. The fraction of sp³-hybridized carbons (Fsp3) is 0.297. The van der Waals surface area contributed by atoms with Crippen molar-refractivity contribution < 1.29 is 9.47 Å². The highest BCUT2D eigenvalue weighted by atomic mass is 16.7. The molecule has 0 amide bonds. The molecule has 196 valence electrons. The summed E-state index contributed by atoms with van der Waals surface area (Å²) in [7, 11) is 0. The highest BCUT2D eigenvalue weighted by Crippen LogP contribution is 2.47. The Kier molecular flexibility index (Phi) is 7.16. The van der Waals surface area contributed by atoms with Gasteiger partial charge in [0, 0.05) is 23.7 Å². The Hall–Kier alpha value is -4.14. The second-order valence-electron chi connectivity index (χ2n) is 12.1. The summed E-state index contributed by atoms with van der Waals surface area (Å²) in [4.78, 5) is 0. The maximum Gasteiger partial charge on any atom is 0.231 e. The largest absolute Gasteiger partial charge is 0.454 e. The van der Waals surface area contributed by atoms with Gasteiger partial charge < -0.3 is 9.47 Å². The molecule has 0 aromatic heterocycles. The maximum absolute atomic E-state index is 5.87. The molecule has 0 radical (unpaired) electrons. The number of fused-ring (bicyclic) bond motifs is 2. The molecule has 1 aliphatic heterocycles. The van der Waals surface area contributed by atoms with E-state index >= 15 is 0 Å². The third-order valence-electron chi connectivity index (χ3n) is 6.60. The molecule has 2 heteroatoms. The van der Waals surface area contributed by atoms with E-state index in [4.69, 9.17) is 9.47 Å². The van der Waals surface area contributed by atoms with Gasteiger partial charge in [0.2, 0.25) is 6.79 Å². The van der Waals surface area contributed by atoms with E-state index in [0.717, 1.165) is 22.3 Å². The van der Waals surface area contributed by atoms with Crippen molar-refractivity contribution in [3.8, 4) is 57.4 Å². The zero-order valence-corrected chi connectivity index (χ0v) is 23.9. The van der Waals surface area contributed by atoms with Crippen molar-refractivity contribution in [1.82, 2.24) is 0 Å². The van der Waals surface area contributed by atoms with Gasteiger partial charge in [0.15, 0.2) is 11.5 Å². The molecule has 0 bridgehead atoms. The van der Waals surface area contributed by atoms with Gasteiger partial charge in [0.25, 0.3) is 0 Å². The van der Waals surface area contributed by atoms with Gasteiger partial charge in [-0.25, -0.2) is 0 Å². The minimum atomic E-state index is -0.0791. The van der Waals surface area contributed by atoms with Gasteiger partial charge >= 0.3 is 0 Å². The number of benzene rings is 4. The predicted molar refractivity (Wildman–Crippen MR) is 163 cm³/mol. The molecule has 0 spiro atoms. The van der Waals surface area contributed by atoms with Crippen molar-refractivity contribution in [3.63, 3.8) is 0 Å². The molecule has 0 unspecified atom stereocenters. The Morgan fingerprint density at radius 1 is 0.590 bits per heavy atom. The van der Waals surface area contributed by atoms with Gasteiger partial charge in [-0.2, -0.15) is 0 Å². The standard InChI is InChI=1S/C37H36O2/c1-36(2,3)21-13-19-28-29(20-14-22-37(4,5)6)35(27-17-11-8-12-18-27)31-24-33-32(38-25-39-33)23-30(31)34(28)26-15-9-7-10-16-26/h7-12,15-18,23-24H,19-20,25H2,1-6H3. The van der Waals surface area contributed by atoms with Crippen LogP contribution in [0.25, 0.3) is 33.0 Å². The van der Waals surface area contributed by atoms with Gasteiger partial charge in [-0.05, 0) is 97.8 Å². The van der Waals surface area contributed by atoms with E-state index in [-0.39, 0.29) is 17.6 Å². The quantitative estimate of drug-likeness (QED) is 0.254. The molecular formula is C37H36O2. The highest BCUT2D eigenvalue weighted by Gasteiger charge is 2.24. The van der Waals surface area contributed by atoms with E-state index in [1.54, 1.807) is 0 Å². The van der Waals surface area contributed by atoms with Crippen LogP contribution >= 0.6 is 0 Å². The minimum Gasteiger partial charge on any atom is -0.454 e. The van der Waals surface area contributed by atoms with E-state index in [1.165, 1.54) is 33.4 Å². The lowest BCUT2D eigenvalue weighted by atomic mass is 9.81. The molecule has 4 aromatic carbocycles. The van der Waals surface area contributed by atoms with Crippen LogP contribution < -0.4 is 9.47 Å². The third kappa shape index (κ3) is 5.97. The summed E-state index contributed by atoms with van der Waals surface area (Å²) in [5.74, 6) is 15.6. The average Bonchev–Trinajstić information content (AvgIpc) is 3.34. The predicted octanol–water partition coefficient (Wildman–Crippen LogP) is 9.09. The first kappa shape index (κ1) is 26.5. The molecule has 5 rings (SSSR count). The first-order valence-corrected chi connectivity index (χ1v) is 13.6. The van der Waals surface area contributed by atoms with Crippen molar-refractivity contribution >= 4 is 10.8 Å². The van der Waals surface area contributed by atoms with Gasteiger partial charge in [-0.1, -0.05) is 84.3 Å². The Labute approximate surface area is 233 Å². The van der Waals surface area contributed by atoms with Gasteiger partial charge in [0.05, 0.1) is 0 Å². The fourth-order valence-electron chi connectivity index (χ4n) is 5.04. The summed E-state index contributed by atoms with van der Waals surface area (Å²) >= 11 is 0. The molecule has 0 atom stereocenters. The van der Waals surface area contributed by atoms with Crippen LogP contribution in [0.3, 0.4) is 0 Å². The molecule has 1 heterocycles. The summed E-state index contributed by atoms with van der Waals surface area (Å²) in [6, 6.07) is 25.6. The topological polar surface area (TPSA) is 18.5 Å². The SMILES string of the molecule is CC(C)(C)C#CCc1c(CC#CC(C)(C)C)c(-c2ccccc2)c2cc3c(cc2c1-c1ccccc1)OCO3. The molecular weight excluding hydrogens is 476 g/mol. The minimum absolute atomic E-state index is 0.0791. The van der Waals surface area contributed by atoms with E-state index in [0.29, 0.717) is 12.8 Å². The number of ether oxygens (including phenoxy) is 2. The first-order chi connectivity index (χ1) is 18.6. The number of hydrogen-bond donors (Lipinski definition) is 0. The first-order valence-electron chi connectivity index (χ1n) is 13.6. The molecule has 2 nitrogen and oxygen atoms in total. The molecule has 0 saturated carbocycles. The molecule has 1 aliphatic rings. The van der Waals surface area contributed by atoms with E-state index in [1.807, 2.05) is 0 Å². The lowest BCUT2D eigenvalue weighted by Gasteiger charge is -2.22. The lowest BCUT2D eigenvalue weighted by Crippen LogP contribution is -2.05. The Morgan fingerprint density at radius 2 is 0.974 bits per heavy atom. The molecule has 4 aromatic rings. The van der Waals surface area contributed by atoms with E-state index < -0.39 is 0 Å². The molecule has 0 N–H and O–H groups in total. The summed E-state index contributed by atoms with van der Waals surface area (Å²) in [6.07, 6.45) is 1.27. The molecule has 0 saturated heterocycles. The monoisotopic (exact) mass is 512 g/mol. The van der Waals surface area contributed by atoms with Gasteiger partial charge in [-0.15, -0.1) is 0 Å². The van der Waals surface area contributed by atoms with Crippen molar-refractivity contribution in [3.05, 3.63) is 83.9 Å². The molecule has 0 aliphatic carbocycles. The zero-order chi connectivity index (χ0) is 27.6. The second kappa shape index (κ2) is 10.6. The zero-order valence-electron chi connectivity index (χ0n) is 23.9. The number of rotatable bonds is 4. The number of hydrogen-bond acceptors (Lipinski definition) is 2. The van der Waals surface area contributed by atoms with Crippen LogP contribution in [0.5, 0.6) is 11.5 Å². The summed E-state index contributed by atoms with van der Waals surface area (Å²) in [5.41, 5.74) is 7.02. The highest BCUT2D eigenvalue weighted by molar-refractivity contribution is 6.09. The summed E-state index contributed by atoms with van der Waals surface area (Å²) in [6.45, 7) is 13.2. The summed E-state index contributed by atoms with van der Waals surface area (Å²) < 4.78 is 11.7. The smallest absolute Gasteiger partial charge is 0.231 e. The normalized spacial score (nSPS) is 12.5. The Morgan fingerprint density at radius 3 is 1.33 bits per heavy atom. The molecule has 39 heavy (non-hydrogen) atoms. The van der Waals surface area contributed by atoms with Crippen LogP contribution in [0.1, 0.15) is 52.7 Å². The Bertz CT molecular complexity index is 1500. The lowest BCUT2D eigenvalue weighted by molar-refractivity contribution is 0.174. The second-order valence-corrected chi connectivity index (χ2v) is 12.1. The van der Waals surface area contributed by atoms with Gasteiger partial charge in [-0.3, -0.25) is 0 Å². The maximum atomic E-state index is 5.87. The summed E-state index contributed by atoms with van der Waals surface area (Å²) in [5, 5.41) is 2.29. The average molecular weight is 513 g/mol. The van der Waals surface area contributed by atoms with Crippen LogP contribution in [0.2, 0.25) is 0 Å². The van der Waals surface area contributed by atoms with E-state index in [9.17, 15) is 0 Å². The van der Waals surface area contributed by atoms with Crippen LogP contribution in [0.4, 0.5) is 0 Å². The van der Waals surface area contributed by atoms with Crippen LogP contribution in [0.15, 0.2) is 72.8 Å². The van der Waals surface area contributed by atoms with Crippen LogP contribution in [-0.2, 0) is 12.8 Å². The fourth-order valence-corrected chi connectivity index (χ4v) is 5.04. The van der Waals surface area contributed by atoms with Crippen LogP contribution in [-0.4, -0.2) is 6.79 Å².